The van der Waals surface area contributed by atoms with Crippen molar-refractivity contribution in [3.8, 4) is 0 Å². The quantitative estimate of drug-likeness (QED) is 0.786. The van der Waals surface area contributed by atoms with Crippen molar-refractivity contribution in [2.45, 2.75) is 26.2 Å². The fourth-order valence-corrected chi connectivity index (χ4v) is 2.50. The molecule has 5 nitrogen and oxygen atoms in total. The average Bonchev–Trinajstić information content (AvgIpc) is 2.55. The lowest BCUT2D eigenvalue weighted by atomic mass is 10.0. The molecule has 2 rings (SSSR count). The molecule has 0 aliphatic carbocycles. The SMILES string of the molecule is CC(C)c1ccccc1NC(=O)CC(=O)Nc1ccc(N(C)C)cc1. The number of para-hydroxylation sites is 1. The average molecular weight is 339 g/mol. The summed E-state index contributed by atoms with van der Waals surface area (Å²) in [5, 5.41) is 5.57. The Morgan fingerprint density at radius 2 is 1.52 bits per heavy atom. The first kappa shape index (κ1) is 18.5. The molecule has 0 bridgehead atoms. The fourth-order valence-electron chi connectivity index (χ4n) is 2.50. The van der Waals surface area contributed by atoms with Crippen molar-refractivity contribution < 1.29 is 9.59 Å². The van der Waals surface area contributed by atoms with Gasteiger partial charge < -0.3 is 15.5 Å². The van der Waals surface area contributed by atoms with E-state index in [0.29, 0.717) is 11.6 Å². The van der Waals surface area contributed by atoms with Gasteiger partial charge in [0, 0.05) is 31.2 Å². The molecule has 0 saturated carbocycles. The van der Waals surface area contributed by atoms with Crippen LogP contribution in [0, 0.1) is 0 Å². The van der Waals surface area contributed by atoms with Crippen LogP contribution < -0.4 is 15.5 Å². The summed E-state index contributed by atoms with van der Waals surface area (Å²) in [5.41, 5.74) is 3.52. The Hall–Kier alpha value is -2.82. The van der Waals surface area contributed by atoms with Crippen molar-refractivity contribution in [1.29, 1.82) is 0 Å². The van der Waals surface area contributed by atoms with Gasteiger partial charge in [-0.25, -0.2) is 0 Å². The van der Waals surface area contributed by atoms with Crippen molar-refractivity contribution in [2.24, 2.45) is 0 Å². The highest BCUT2D eigenvalue weighted by Gasteiger charge is 2.13. The fraction of sp³-hybridized carbons (Fsp3) is 0.300. The van der Waals surface area contributed by atoms with E-state index in [-0.39, 0.29) is 18.2 Å². The summed E-state index contributed by atoms with van der Waals surface area (Å²) in [6.45, 7) is 4.13. The van der Waals surface area contributed by atoms with Crippen LogP contribution in [0.1, 0.15) is 31.7 Å². The van der Waals surface area contributed by atoms with E-state index >= 15 is 0 Å². The largest absolute Gasteiger partial charge is 0.378 e. The number of carbonyl (C=O) groups excluding carboxylic acids is 2. The highest BCUT2D eigenvalue weighted by atomic mass is 16.2. The molecule has 0 radical (unpaired) electrons. The van der Waals surface area contributed by atoms with Crippen LogP contribution >= 0.6 is 0 Å². The molecular formula is C20H25N3O2. The molecule has 0 aromatic heterocycles. The van der Waals surface area contributed by atoms with Crippen LogP contribution in [0.15, 0.2) is 48.5 Å². The van der Waals surface area contributed by atoms with Gasteiger partial charge in [-0.15, -0.1) is 0 Å². The number of benzene rings is 2. The van der Waals surface area contributed by atoms with Gasteiger partial charge >= 0.3 is 0 Å². The molecule has 2 aromatic carbocycles. The van der Waals surface area contributed by atoms with Crippen LogP contribution in [0.3, 0.4) is 0 Å². The number of rotatable bonds is 6. The topological polar surface area (TPSA) is 61.4 Å². The van der Waals surface area contributed by atoms with E-state index in [1.165, 1.54) is 0 Å². The monoisotopic (exact) mass is 339 g/mol. The summed E-state index contributed by atoms with van der Waals surface area (Å²) in [6.07, 6.45) is -0.220. The van der Waals surface area contributed by atoms with Gasteiger partial charge in [0.05, 0.1) is 0 Å². The van der Waals surface area contributed by atoms with Crippen LogP contribution in [0.4, 0.5) is 17.1 Å². The smallest absolute Gasteiger partial charge is 0.233 e. The van der Waals surface area contributed by atoms with Gasteiger partial charge in [0.25, 0.3) is 0 Å². The van der Waals surface area contributed by atoms with E-state index in [1.807, 2.05) is 67.5 Å². The van der Waals surface area contributed by atoms with Crippen LogP contribution in [0.2, 0.25) is 0 Å². The Morgan fingerprint density at radius 3 is 2.12 bits per heavy atom. The second kappa shape index (κ2) is 8.33. The maximum Gasteiger partial charge on any atom is 0.233 e. The van der Waals surface area contributed by atoms with Crippen LogP contribution in [0.25, 0.3) is 0 Å². The molecule has 0 unspecified atom stereocenters. The Balaban J connectivity index is 1.93. The zero-order valence-electron chi connectivity index (χ0n) is 15.2. The molecule has 0 saturated heterocycles. The predicted molar refractivity (Wildman–Crippen MR) is 103 cm³/mol. The molecule has 25 heavy (non-hydrogen) atoms. The minimum atomic E-state index is -0.336. The minimum absolute atomic E-state index is 0.220. The van der Waals surface area contributed by atoms with Gasteiger partial charge in [-0.1, -0.05) is 32.0 Å². The van der Waals surface area contributed by atoms with Crippen molar-refractivity contribution in [3.05, 3.63) is 54.1 Å². The normalized spacial score (nSPS) is 10.4. The van der Waals surface area contributed by atoms with E-state index in [1.54, 1.807) is 0 Å². The van der Waals surface area contributed by atoms with Gasteiger partial charge in [0.15, 0.2) is 0 Å². The summed E-state index contributed by atoms with van der Waals surface area (Å²) in [5.74, 6) is -0.367. The van der Waals surface area contributed by atoms with Crippen LogP contribution in [-0.4, -0.2) is 25.9 Å². The molecule has 0 heterocycles. The van der Waals surface area contributed by atoms with E-state index < -0.39 is 0 Å². The van der Waals surface area contributed by atoms with Gasteiger partial charge in [-0.3, -0.25) is 9.59 Å². The first-order chi connectivity index (χ1) is 11.9. The third kappa shape index (κ3) is 5.35. The predicted octanol–water partition coefficient (Wildman–Crippen LogP) is 3.84. The number of anilines is 3. The molecule has 0 aliphatic heterocycles. The minimum Gasteiger partial charge on any atom is -0.378 e. The molecule has 0 atom stereocenters. The summed E-state index contributed by atoms with van der Waals surface area (Å²) in [4.78, 5) is 26.2. The lowest BCUT2D eigenvalue weighted by Crippen LogP contribution is -2.22. The van der Waals surface area contributed by atoms with Crippen molar-refractivity contribution in [1.82, 2.24) is 0 Å². The number of amides is 2. The number of nitrogens with one attached hydrogen (secondary N) is 2. The molecule has 2 aromatic rings. The van der Waals surface area contributed by atoms with Gasteiger partial charge in [-0.05, 0) is 41.8 Å². The highest BCUT2D eigenvalue weighted by molar-refractivity contribution is 6.08. The Kier molecular flexibility index (Phi) is 6.17. The van der Waals surface area contributed by atoms with Gasteiger partial charge in [0.2, 0.25) is 11.8 Å². The third-order valence-electron chi connectivity index (χ3n) is 3.85. The number of nitrogens with zero attached hydrogens (tertiary/aromatic N) is 1. The lowest BCUT2D eigenvalue weighted by Gasteiger charge is -2.14. The number of carbonyl (C=O) groups is 2. The summed E-state index contributed by atoms with van der Waals surface area (Å²) in [6, 6.07) is 15.1. The maximum atomic E-state index is 12.2. The lowest BCUT2D eigenvalue weighted by molar-refractivity contribution is -0.123. The maximum absolute atomic E-state index is 12.2. The first-order valence-electron chi connectivity index (χ1n) is 8.33. The molecule has 0 aliphatic rings. The second-order valence-electron chi connectivity index (χ2n) is 6.46. The van der Waals surface area contributed by atoms with Gasteiger partial charge in [-0.2, -0.15) is 0 Å². The molecule has 0 spiro atoms. The standard InChI is InChI=1S/C20H25N3O2/c1-14(2)17-7-5-6-8-18(17)22-20(25)13-19(24)21-15-9-11-16(12-10-15)23(3)4/h5-12,14H,13H2,1-4H3,(H,21,24)(H,22,25). The van der Waals surface area contributed by atoms with Crippen LogP contribution in [-0.2, 0) is 9.59 Å². The molecule has 132 valence electrons. The molecule has 2 amide bonds. The van der Waals surface area contributed by atoms with E-state index in [4.69, 9.17) is 0 Å². The second-order valence-corrected chi connectivity index (χ2v) is 6.46. The molecule has 5 heteroatoms. The molecule has 2 N–H and O–H groups in total. The van der Waals surface area contributed by atoms with E-state index in [0.717, 1.165) is 16.9 Å². The number of hydrogen-bond acceptors (Lipinski definition) is 3. The Morgan fingerprint density at radius 1 is 0.920 bits per heavy atom. The highest BCUT2D eigenvalue weighted by Crippen LogP contribution is 2.23. The molecule has 0 fully saturated rings. The third-order valence-corrected chi connectivity index (χ3v) is 3.85. The van der Waals surface area contributed by atoms with Crippen molar-refractivity contribution >= 4 is 28.9 Å². The van der Waals surface area contributed by atoms with E-state index in [9.17, 15) is 9.59 Å². The first-order valence-corrected chi connectivity index (χ1v) is 8.33. The number of hydrogen-bond donors (Lipinski definition) is 2. The Bertz CT molecular complexity index is 737. The van der Waals surface area contributed by atoms with Crippen molar-refractivity contribution in [2.75, 3.05) is 29.6 Å². The Labute approximate surface area is 149 Å². The summed E-state index contributed by atoms with van der Waals surface area (Å²) >= 11 is 0. The zero-order valence-corrected chi connectivity index (χ0v) is 15.2. The zero-order chi connectivity index (χ0) is 18.4. The van der Waals surface area contributed by atoms with E-state index in [2.05, 4.69) is 24.5 Å². The summed E-state index contributed by atoms with van der Waals surface area (Å²) in [7, 11) is 3.90. The molecular weight excluding hydrogens is 314 g/mol. The van der Waals surface area contributed by atoms with Gasteiger partial charge in [0.1, 0.15) is 6.42 Å². The van der Waals surface area contributed by atoms with Crippen LogP contribution in [0.5, 0.6) is 0 Å². The van der Waals surface area contributed by atoms with Crippen molar-refractivity contribution in [3.63, 3.8) is 0 Å². The summed E-state index contributed by atoms with van der Waals surface area (Å²) < 4.78 is 0.